The van der Waals surface area contributed by atoms with E-state index in [1.165, 1.54) is 11.8 Å². The summed E-state index contributed by atoms with van der Waals surface area (Å²) in [6.07, 6.45) is 0. The van der Waals surface area contributed by atoms with Crippen LogP contribution in [0.5, 0.6) is 0 Å². The number of carbonyl (C=O) groups excluding carboxylic acids is 1. The molecule has 1 amide bonds. The van der Waals surface area contributed by atoms with Gasteiger partial charge in [-0.3, -0.25) is 4.79 Å². The van der Waals surface area contributed by atoms with Gasteiger partial charge in [0.1, 0.15) is 5.52 Å². The molecule has 142 valence electrons. The summed E-state index contributed by atoms with van der Waals surface area (Å²) in [6.45, 7) is 0.219. The fourth-order valence-corrected chi connectivity index (χ4v) is 2.81. The van der Waals surface area contributed by atoms with Crippen molar-refractivity contribution in [3.63, 3.8) is 0 Å². The van der Waals surface area contributed by atoms with Gasteiger partial charge in [0.2, 0.25) is 17.8 Å². The van der Waals surface area contributed by atoms with Gasteiger partial charge in [-0.1, -0.05) is 23.9 Å². The van der Waals surface area contributed by atoms with E-state index in [1.54, 1.807) is 9.80 Å². The van der Waals surface area contributed by atoms with E-state index in [2.05, 4.69) is 25.3 Å². The lowest BCUT2D eigenvalue weighted by Gasteiger charge is -2.16. The zero-order chi connectivity index (χ0) is 19.4. The summed E-state index contributed by atoms with van der Waals surface area (Å²) in [7, 11) is 7.42. The lowest BCUT2D eigenvalue weighted by Crippen LogP contribution is -2.27. The number of anilines is 2. The lowest BCUT2D eigenvalue weighted by molar-refractivity contribution is -0.118. The molecule has 0 saturated heterocycles. The van der Waals surface area contributed by atoms with Crippen LogP contribution < -0.4 is 15.1 Å². The van der Waals surface area contributed by atoms with Gasteiger partial charge in [-0.25, -0.2) is 4.98 Å². The highest BCUT2D eigenvalue weighted by atomic mass is 32.2. The van der Waals surface area contributed by atoms with Crippen LogP contribution in [-0.2, 0) is 11.3 Å². The molecule has 27 heavy (non-hydrogen) atoms. The van der Waals surface area contributed by atoms with E-state index in [-0.39, 0.29) is 18.2 Å². The molecule has 0 aliphatic rings. The molecule has 1 aromatic carbocycles. The third-order valence-electron chi connectivity index (χ3n) is 3.50. The number of thioether (sulfide) groups is 1. The van der Waals surface area contributed by atoms with Crippen LogP contribution in [0.3, 0.4) is 0 Å². The van der Waals surface area contributed by atoms with Crippen molar-refractivity contribution in [2.45, 2.75) is 11.8 Å². The molecule has 0 saturated carbocycles. The fraction of sp³-hybridized carbons (Fsp3) is 0.353. The minimum Gasteiger partial charge on any atom is -0.431 e. The monoisotopic (exact) mass is 387 g/mol. The number of nitrogens with zero attached hydrogens (tertiary/aromatic N) is 6. The number of fused-ring (bicyclic) bond motifs is 1. The molecule has 10 heteroatoms. The number of rotatable bonds is 7. The lowest BCUT2D eigenvalue weighted by atomic mass is 10.3. The summed E-state index contributed by atoms with van der Waals surface area (Å²) >= 11 is 1.25. The molecular formula is C17H21N7O2S. The number of carbonyl (C=O) groups is 1. The number of amides is 1. The number of nitrogens with one attached hydrogen (secondary N) is 1. The Kier molecular flexibility index (Phi) is 5.75. The van der Waals surface area contributed by atoms with Gasteiger partial charge in [-0.05, 0) is 12.1 Å². The Bertz CT molecular complexity index is 883. The predicted molar refractivity (Wildman–Crippen MR) is 105 cm³/mol. The Morgan fingerprint density at radius 1 is 1.04 bits per heavy atom. The van der Waals surface area contributed by atoms with Crippen molar-refractivity contribution in [1.82, 2.24) is 25.3 Å². The molecule has 0 atom stereocenters. The minimum absolute atomic E-state index is 0.152. The number of para-hydroxylation sites is 2. The van der Waals surface area contributed by atoms with Crippen LogP contribution in [0.2, 0.25) is 0 Å². The van der Waals surface area contributed by atoms with Crippen molar-refractivity contribution >= 4 is 40.7 Å². The van der Waals surface area contributed by atoms with E-state index in [1.807, 2.05) is 52.5 Å². The van der Waals surface area contributed by atoms with Crippen LogP contribution in [0.1, 0.15) is 5.82 Å². The Labute approximate surface area is 161 Å². The second kappa shape index (κ2) is 8.21. The Morgan fingerprint density at radius 2 is 1.70 bits per heavy atom. The summed E-state index contributed by atoms with van der Waals surface area (Å²) in [5.74, 6) is 1.62. The number of oxazole rings is 1. The maximum absolute atomic E-state index is 12.1. The highest BCUT2D eigenvalue weighted by molar-refractivity contribution is 7.99. The van der Waals surface area contributed by atoms with Crippen LogP contribution in [0.4, 0.5) is 11.9 Å². The first-order valence-electron chi connectivity index (χ1n) is 8.27. The van der Waals surface area contributed by atoms with Gasteiger partial charge in [0.05, 0.1) is 12.3 Å². The van der Waals surface area contributed by atoms with Crippen LogP contribution >= 0.6 is 11.8 Å². The van der Waals surface area contributed by atoms with Gasteiger partial charge < -0.3 is 19.5 Å². The topological polar surface area (TPSA) is 100 Å². The Hall–Kier alpha value is -2.88. The highest BCUT2D eigenvalue weighted by Crippen LogP contribution is 2.22. The van der Waals surface area contributed by atoms with Crippen LogP contribution in [0.25, 0.3) is 11.1 Å². The Morgan fingerprint density at radius 3 is 2.33 bits per heavy atom. The second-order valence-electron chi connectivity index (χ2n) is 6.15. The van der Waals surface area contributed by atoms with Crippen molar-refractivity contribution in [2.24, 2.45) is 0 Å². The van der Waals surface area contributed by atoms with E-state index >= 15 is 0 Å². The maximum Gasteiger partial charge on any atom is 0.257 e. The molecule has 1 N–H and O–H groups in total. The number of aromatic nitrogens is 4. The zero-order valence-corrected chi connectivity index (χ0v) is 16.4. The molecule has 2 heterocycles. The zero-order valence-electron chi connectivity index (χ0n) is 15.6. The van der Waals surface area contributed by atoms with Crippen molar-refractivity contribution in [3.05, 3.63) is 30.1 Å². The van der Waals surface area contributed by atoms with Gasteiger partial charge in [0.15, 0.2) is 11.4 Å². The van der Waals surface area contributed by atoms with Crippen molar-refractivity contribution < 1.29 is 9.21 Å². The van der Waals surface area contributed by atoms with E-state index in [0.29, 0.717) is 28.5 Å². The standard InChI is InChI=1S/C17H21N7O2S/c1-23(2)15-20-13(21-16(22-15)24(3)4)9-18-14(25)10-27-17-19-11-7-5-6-8-12(11)26-17/h5-8H,9-10H2,1-4H3,(H,18,25). The smallest absolute Gasteiger partial charge is 0.257 e. The SMILES string of the molecule is CN(C)c1nc(CNC(=O)CSc2nc3ccccc3o2)nc(N(C)C)n1. The summed E-state index contributed by atoms with van der Waals surface area (Å²) in [6, 6.07) is 7.49. The molecule has 3 aromatic rings. The summed E-state index contributed by atoms with van der Waals surface area (Å²) < 4.78 is 5.59. The molecule has 9 nitrogen and oxygen atoms in total. The summed E-state index contributed by atoms with van der Waals surface area (Å²) in [5, 5.41) is 3.29. The second-order valence-corrected chi connectivity index (χ2v) is 7.08. The third-order valence-corrected chi connectivity index (χ3v) is 4.33. The van der Waals surface area contributed by atoms with Crippen molar-refractivity contribution in [1.29, 1.82) is 0 Å². The largest absolute Gasteiger partial charge is 0.431 e. The highest BCUT2D eigenvalue weighted by Gasteiger charge is 2.12. The van der Waals surface area contributed by atoms with E-state index in [0.717, 1.165) is 5.52 Å². The summed E-state index contributed by atoms with van der Waals surface area (Å²) in [4.78, 5) is 33.1. The first-order valence-corrected chi connectivity index (χ1v) is 9.25. The van der Waals surface area contributed by atoms with Crippen LogP contribution in [0, 0.1) is 0 Å². The average molecular weight is 387 g/mol. The van der Waals surface area contributed by atoms with Crippen LogP contribution in [0.15, 0.2) is 33.9 Å². The minimum atomic E-state index is -0.152. The van der Waals surface area contributed by atoms with Crippen molar-refractivity contribution in [3.8, 4) is 0 Å². The summed E-state index contributed by atoms with van der Waals surface area (Å²) in [5.41, 5.74) is 1.48. The molecule has 0 aliphatic heterocycles. The Balaban J connectivity index is 1.58. The van der Waals surface area contributed by atoms with Crippen LogP contribution in [-0.4, -0.2) is 59.8 Å². The predicted octanol–water partition coefficient (Wildman–Crippen LogP) is 1.55. The van der Waals surface area contributed by atoms with Gasteiger partial charge in [0, 0.05) is 28.2 Å². The molecule has 0 aliphatic carbocycles. The molecule has 0 bridgehead atoms. The van der Waals surface area contributed by atoms with Gasteiger partial charge in [0.25, 0.3) is 5.22 Å². The normalized spacial score (nSPS) is 10.8. The third kappa shape index (κ3) is 4.85. The first-order chi connectivity index (χ1) is 12.9. The molecule has 0 unspecified atom stereocenters. The van der Waals surface area contributed by atoms with Gasteiger partial charge in [-0.15, -0.1) is 0 Å². The van der Waals surface area contributed by atoms with E-state index in [4.69, 9.17) is 4.42 Å². The average Bonchev–Trinajstić information content (AvgIpc) is 3.07. The molecular weight excluding hydrogens is 366 g/mol. The van der Waals surface area contributed by atoms with Crippen molar-refractivity contribution in [2.75, 3.05) is 43.7 Å². The van der Waals surface area contributed by atoms with Gasteiger partial charge >= 0.3 is 0 Å². The fourth-order valence-electron chi connectivity index (χ4n) is 2.14. The maximum atomic E-state index is 12.1. The van der Waals surface area contributed by atoms with E-state index in [9.17, 15) is 4.79 Å². The van der Waals surface area contributed by atoms with Gasteiger partial charge in [-0.2, -0.15) is 15.0 Å². The molecule has 3 rings (SSSR count). The number of benzene rings is 1. The molecule has 0 radical (unpaired) electrons. The first kappa shape index (κ1) is 18.9. The molecule has 0 fully saturated rings. The molecule has 2 aromatic heterocycles. The molecule has 0 spiro atoms. The number of hydrogen-bond acceptors (Lipinski definition) is 9. The quantitative estimate of drug-likeness (QED) is 0.605. The van der Waals surface area contributed by atoms with E-state index < -0.39 is 0 Å². The number of hydrogen-bond donors (Lipinski definition) is 1.